The summed E-state index contributed by atoms with van der Waals surface area (Å²) in [6.07, 6.45) is 0. The fraction of sp³-hybridized carbons (Fsp3) is 0.333. The van der Waals surface area contributed by atoms with E-state index in [1.165, 1.54) is 0 Å². The van der Waals surface area contributed by atoms with E-state index in [0.29, 0.717) is 6.07 Å². The third-order valence-corrected chi connectivity index (χ3v) is 3.39. The maximum Gasteiger partial charge on any atom is 0.185 e. The molecule has 0 aliphatic carbocycles. The van der Waals surface area contributed by atoms with E-state index < -0.39 is 44.1 Å². The van der Waals surface area contributed by atoms with E-state index in [0.717, 1.165) is 0 Å². The van der Waals surface area contributed by atoms with Gasteiger partial charge in [0, 0.05) is 5.25 Å². The molecule has 84 valence electrons. The highest BCUT2D eigenvalue weighted by atomic mass is 32.2. The first kappa shape index (κ1) is 12.0. The van der Waals surface area contributed by atoms with Gasteiger partial charge in [-0.1, -0.05) is 13.8 Å². The molecule has 1 rings (SSSR count). The van der Waals surface area contributed by atoms with Crippen molar-refractivity contribution in [2.45, 2.75) is 24.0 Å². The van der Waals surface area contributed by atoms with Crippen LogP contribution >= 0.6 is 0 Å². The molecule has 0 amide bonds. The highest BCUT2D eigenvalue weighted by molar-refractivity contribution is 7.85. The average Bonchev–Trinajstić information content (AvgIpc) is 2.19. The summed E-state index contributed by atoms with van der Waals surface area (Å²) in [6, 6.07) is 0.670. The van der Waals surface area contributed by atoms with E-state index in [2.05, 4.69) is 0 Å². The maximum absolute atomic E-state index is 13.2. The summed E-state index contributed by atoms with van der Waals surface area (Å²) in [7, 11) is -1.79. The van der Waals surface area contributed by atoms with Gasteiger partial charge in [-0.15, -0.1) is 0 Å². The molecule has 0 aliphatic heterocycles. The first-order chi connectivity index (χ1) is 6.86. The number of benzene rings is 1. The number of halogens is 3. The zero-order valence-corrected chi connectivity index (χ0v) is 9.00. The van der Waals surface area contributed by atoms with Gasteiger partial charge in [0.05, 0.1) is 15.7 Å². The lowest BCUT2D eigenvalue weighted by molar-refractivity contribution is 0.479. The fourth-order valence-electron chi connectivity index (χ4n) is 0.988. The van der Waals surface area contributed by atoms with Crippen molar-refractivity contribution in [3.05, 3.63) is 23.5 Å². The molecular formula is C9H10F3NOS. The first-order valence-electron chi connectivity index (χ1n) is 4.19. The normalized spacial score (nSPS) is 13.2. The molecule has 0 bridgehead atoms. The molecule has 0 aromatic heterocycles. The molecule has 0 saturated heterocycles. The zero-order chi connectivity index (χ0) is 11.7. The lowest BCUT2D eigenvalue weighted by Gasteiger charge is -2.09. The Morgan fingerprint density at radius 1 is 1.27 bits per heavy atom. The van der Waals surface area contributed by atoms with Gasteiger partial charge < -0.3 is 5.73 Å². The van der Waals surface area contributed by atoms with Crippen LogP contribution in [0.5, 0.6) is 0 Å². The third kappa shape index (κ3) is 2.14. The Kier molecular flexibility index (Phi) is 3.38. The van der Waals surface area contributed by atoms with Crippen LogP contribution in [0.25, 0.3) is 0 Å². The molecule has 0 aliphatic rings. The Hall–Kier alpha value is -1.04. The number of nitrogens with two attached hydrogens (primary N) is 1. The topological polar surface area (TPSA) is 43.1 Å². The van der Waals surface area contributed by atoms with Crippen LogP contribution < -0.4 is 5.73 Å². The van der Waals surface area contributed by atoms with Crippen molar-refractivity contribution in [3.8, 4) is 0 Å². The Morgan fingerprint density at radius 2 is 1.80 bits per heavy atom. The largest absolute Gasteiger partial charge is 0.394 e. The Bertz CT molecular complexity index is 420. The third-order valence-electron chi connectivity index (χ3n) is 1.81. The minimum Gasteiger partial charge on any atom is -0.394 e. The van der Waals surface area contributed by atoms with Crippen molar-refractivity contribution in [1.82, 2.24) is 0 Å². The van der Waals surface area contributed by atoms with E-state index in [4.69, 9.17) is 5.73 Å². The summed E-state index contributed by atoms with van der Waals surface area (Å²) in [5.41, 5.74) is 4.05. The molecule has 1 aromatic carbocycles. The molecule has 2 nitrogen and oxygen atoms in total. The van der Waals surface area contributed by atoms with Gasteiger partial charge in [0.25, 0.3) is 0 Å². The quantitative estimate of drug-likeness (QED) is 0.633. The fourth-order valence-corrected chi connectivity index (χ4v) is 1.98. The van der Waals surface area contributed by atoms with Gasteiger partial charge in [-0.25, -0.2) is 13.2 Å². The number of hydrogen-bond donors (Lipinski definition) is 1. The van der Waals surface area contributed by atoms with Crippen LogP contribution in [-0.2, 0) is 10.8 Å². The zero-order valence-electron chi connectivity index (χ0n) is 8.18. The van der Waals surface area contributed by atoms with Crippen LogP contribution in [0.15, 0.2) is 11.0 Å². The molecule has 0 radical (unpaired) electrons. The van der Waals surface area contributed by atoms with E-state index in [1.807, 2.05) is 0 Å². The molecule has 0 saturated carbocycles. The monoisotopic (exact) mass is 237 g/mol. The van der Waals surface area contributed by atoms with Crippen LogP contribution in [0.4, 0.5) is 18.9 Å². The summed E-state index contributed by atoms with van der Waals surface area (Å²) >= 11 is 0. The summed E-state index contributed by atoms with van der Waals surface area (Å²) in [4.78, 5) is -0.491. The van der Waals surface area contributed by atoms with Crippen molar-refractivity contribution in [1.29, 1.82) is 0 Å². The SMILES string of the molecule is CC(C)S(=O)c1cc(F)c(N)c(F)c1F. The van der Waals surface area contributed by atoms with Crippen LogP contribution in [0.3, 0.4) is 0 Å². The molecule has 1 aromatic rings. The number of hydrogen-bond acceptors (Lipinski definition) is 2. The van der Waals surface area contributed by atoms with Crippen molar-refractivity contribution in [2.24, 2.45) is 0 Å². The second-order valence-electron chi connectivity index (χ2n) is 3.24. The van der Waals surface area contributed by atoms with Crippen LogP contribution in [0.1, 0.15) is 13.8 Å². The van der Waals surface area contributed by atoms with Gasteiger partial charge in [0.1, 0.15) is 5.69 Å². The number of anilines is 1. The minimum absolute atomic E-state index is 0.429. The van der Waals surface area contributed by atoms with Crippen molar-refractivity contribution in [2.75, 3.05) is 5.73 Å². The predicted molar refractivity (Wildman–Crippen MR) is 52.3 cm³/mol. The molecular weight excluding hydrogens is 227 g/mol. The Morgan fingerprint density at radius 3 is 2.27 bits per heavy atom. The van der Waals surface area contributed by atoms with Gasteiger partial charge in [0.2, 0.25) is 0 Å². The second kappa shape index (κ2) is 4.22. The average molecular weight is 237 g/mol. The molecule has 15 heavy (non-hydrogen) atoms. The van der Waals surface area contributed by atoms with E-state index in [1.54, 1.807) is 13.8 Å². The molecule has 1 unspecified atom stereocenters. The van der Waals surface area contributed by atoms with Gasteiger partial charge in [-0.3, -0.25) is 4.21 Å². The second-order valence-corrected chi connectivity index (χ2v) is 5.22. The van der Waals surface area contributed by atoms with Crippen LogP contribution in [-0.4, -0.2) is 9.46 Å². The summed E-state index contributed by atoms with van der Waals surface area (Å²) < 4.78 is 50.7. The van der Waals surface area contributed by atoms with E-state index in [9.17, 15) is 17.4 Å². The lowest BCUT2D eigenvalue weighted by Crippen LogP contribution is -2.11. The Balaban J connectivity index is 3.39. The van der Waals surface area contributed by atoms with Gasteiger partial charge in [0.15, 0.2) is 17.5 Å². The maximum atomic E-state index is 13.2. The van der Waals surface area contributed by atoms with Crippen molar-refractivity contribution in [3.63, 3.8) is 0 Å². The molecule has 6 heteroatoms. The van der Waals surface area contributed by atoms with E-state index >= 15 is 0 Å². The van der Waals surface area contributed by atoms with Gasteiger partial charge in [-0.2, -0.15) is 0 Å². The molecule has 0 spiro atoms. The van der Waals surface area contributed by atoms with Crippen molar-refractivity contribution >= 4 is 16.5 Å². The lowest BCUT2D eigenvalue weighted by atomic mass is 10.3. The van der Waals surface area contributed by atoms with Crippen LogP contribution in [0, 0.1) is 17.5 Å². The summed E-state index contributed by atoms with van der Waals surface area (Å²) in [5, 5.41) is -0.429. The Labute approximate surface area is 87.7 Å². The predicted octanol–water partition coefficient (Wildman–Crippen LogP) is 2.20. The summed E-state index contributed by atoms with van der Waals surface area (Å²) in [5.74, 6) is -3.93. The highest BCUT2D eigenvalue weighted by Crippen LogP contribution is 2.25. The molecule has 1 atom stereocenters. The molecule has 0 heterocycles. The van der Waals surface area contributed by atoms with Crippen LogP contribution in [0.2, 0.25) is 0 Å². The standard InChI is InChI=1S/C9H10F3NOS/c1-4(2)15(14)6-3-5(10)9(13)8(12)7(6)11/h3-4H,13H2,1-2H3. The van der Waals surface area contributed by atoms with E-state index in [-0.39, 0.29) is 0 Å². The number of nitrogen functional groups attached to an aromatic ring is 1. The smallest absolute Gasteiger partial charge is 0.185 e. The highest BCUT2D eigenvalue weighted by Gasteiger charge is 2.21. The first-order valence-corrected chi connectivity index (χ1v) is 5.41. The van der Waals surface area contributed by atoms with Crippen molar-refractivity contribution < 1.29 is 17.4 Å². The van der Waals surface area contributed by atoms with Gasteiger partial charge in [-0.05, 0) is 6.07 Å². The molecule has 0 fully saturated rings. The minimum atomic E-state index is -1.79. The number of rotatable bonds is 2. The summed E-state index contributed by atoms with van der Waals surface area (Å²) in [6.45, 7) is 3.11. The van der Waals surface area contributed by atoms with Gasteiger partial charge >= 0.3 is 0 Å². The molecule has 2 N–H and O–H groups in total.